The highest BCUT2D eigenvalue weighted by molar-refractivity contribution is 5.04. The third kappa shape index (κ3) is 12.4. The van der Waals surface area contributed by atoms with Crippen LogP contribution >= 0.6 is 0 Å². The average Bonchev–Trinajstić information content (AvgIpc) is 2.05. The second-order valence-corrected chi connectivity index (χ2v) is 2.01. The number of rotatable bonds is 3. The predicted octanol–water partition coefficient (Wildman–Crippen LogP) is 3.97. The molecule has 1 unspecified atom stereocenters. The molecule has 0 rings (SSSR count). The highest BCUT2D eigenvalue weighted by Gasteiger charge is 1.83. The van der Waals surface area contributed by atoms with E-state index in [0.717, 1.165) is 0 Å². The first-order valence-electron chi connectivity index (χ1n) is 4.23. The van der Waals surface area contributed by atoms with E-state index in [2.05, 4.69) is 31.7 Å². The van der Waals surface area contributed by atoms with Crippen molar-refractivity contribution in [2.24, 2.45) is 5.92 Å². The first-order chi connectivity index (χ1) is 5.31. The first kappa shape index (κ1) is 12.9. The van der Waals surface area contributed by atoms with Gasteiger partial charge < -0.3 is 0 Å². The number of hydrogen-bond donors (Lipinski definition) is 0. The van der Waals surface area contributed by atoms with Crippen LogP contribution in [0.15, 0.2) is 37.0 Å². The van der Waals surface area contributed by atoms with E-state index in [0.29, 0.717) is 5.92 Å². The lowest BCUT2D eigenvalue weighted by atomic mass is 10.1. The Morgan fingerprint density at radius 1 is 1.18 bits per heavy atom. The smallest absolute Gasteiger partial charge is 0.00789 e. The second-order valence-electron chi connectivity index (χ2n) is 2.01. The van der Waals surface area contributed by atoms with Gasteiger partial charge in [0.25, 0.3) is 0 Å². The van der Waals surface area contributed by atoms with Crippen LogP contribution in [0, 0.1) is 5.92 Å². The van der Waals surface area contributed by atoms with Crippen LogP contribution in [0.3, 0.4) is 0 Å². The quantitative estimate of drug-likeness (QED) is 0.424. The Morgan fingerprint density at radius 2 is 1.73 bits per heavy atom. The minimum atomic E-state index is 0.535. The van der Waals surface area contributed by atoms with Crippen LogP contribution in [0.25, 0.3) is 0 Å². The van der Waals surface area contributed by atoms with Crippen LogP contribution in [0.4, 0.5) is 0 Å². The minimum absolute atomic E-state index is 0.535. The highest BCUT2D eigenvalue weighted by atomic mass is 13.9. The zero-order valence-corrected chi connectivity index (χ0v) is 8.17. The van der Waals surface area contributed by atoms with Gasteiger partial charge in [0.2, 0.25) is 0 Å². The van der Waals surface area contributed by atoms with Crippen molar-refractivity contribution < 1.29 is 0 Å². The van der Waals surface area contributed by atoms with Crippen molar-refractivity contribution in [3.8, 4) is 0 Å². The van der Waals surface area contributed by atoms with Gasteiger partial charge in [0.05, 0.1) is 0 Å². The van der Waals surface area contributed by atoms with Gasteiger partial charge in [0.15, 0.2) is 0 Å². The lowest BCUT2D eigenvalue weighted by Crippen LogP contribution is -1.78. The van der Waals surface area contributed by atoms with Crippen molar-refractivity contribution in [1.29, 1.82) is 0 Å². The Bertz CT molecular complexity index is 118. The van der Waals surface area contributed by atoms with Gasteiger partial charge in [-0.2, -0.15) is 0 Å². The van der Waals surface area contributed by atoms with Gasteiger partial charge in [-0.3, -0.25) is 0 Å². The second kappa shape index (κ2) is 12.0. The lowest BCUT2D eigenvalue weighted by molar-refractivity contribution is 0.938. The van der Waals surface area contributed by atoms with E-state index in [9.17, 15) is 0 Å². The summed E-state index contributed by atoms with van der Waals surface area (Å²) in [5, 5.41) is 0. The van der Waals surface area contributed by atoms with Crippen LogP contribution in [-0.2, 0) is 0 Å². The average molecular weight is 152 g/mol. The minimum Gasteiger partial charge on any atom is -0.0991 e. The SMILES string of the molecule is C=C/C=C\C(C)/C=C\C.CC. The third-order valence-corrected chi connectivity index (χ3v) is 1.05. The predicted molar refractivity (Wildman–Crippen MR) is 54.7 cm³/mol. The molecule has 0 nitrogen and oxygen atoms in total. The monoisotopic (exact) mass is 152 g/mol. The molecular formula is C11H20. The van der Waals surface area contributed by atoms with Crippen molar-refractivity contribution in [3.05, 3.63) is 37.0 Å². The van der Waals surface area contributed by atoms with Crippen molar-refractivity contribution in [2.45, 2.75) is 27.7 Å². The topological polar surface area (TPSA) is 0 Å². The maximum atomic E-state index is 3.58. The van der Waals surface area contributed by atoms with Crippen LogP contribution in [0.5, 0.6) is 0 Å². The molecule has 0 aromatic carbocycles. The summed E-state index contributed by atoms with van der Waals surface area (Å²) < 4.78 is 0. The molecule has 0 aliphatic heterocycles. The molecule has 0 spiro atoms. The van der Waals surface area contributed by atoms with Crippen molar-refractivity contribution in [3.63, 3.8) is 0 Å². The highest BCUT2D eigenvalue weighted by Crippen LogP contribution is 1.98. The molecule has 0 fully saturated rings. The van der Waals surface area contributed by atoms with E-state index in [1.807, 2.05) is 26.8 Å². The Hall–Kier alpha value is -0.780. The van der Waals surface area contributed by atoms with Gasteiger partial charge in [-0.25, -0.2) is 0 Å². The van der Waals surface area contributed by atoms with Gasteiger partial charge in [-0.05, 0) is 12.8 Å². The molecule has 0 bridgehead atoms. The molecule has 64 valence electrons. The molecule has 0 aromatic rings. The Labute approximate surface area is 71.3 Å². The molecule has 0 aliphatic carbocycles. The van der Waals surface area contributed by atoms with Gasteiger partial charge >= 0.3 is 0 Å². The van der Waals surface area contributed by atoms with E-state index in [4.69, 9.17) is 0 Å². The first-order valence-corrected chi connectivity index (χ1v) is 4.23. The lowest BCUT2D eigenvalue weighted by Gasteiger charge is -1.92. The van der Waals surface area contributed by atoms with E-state index >= 15 is 0 Å². The summed E-state index contributed by atoms with van der Waals surface area (Å²) in [6.45, 7) is 11.7. The fourth-order valence-corrected chi connectivity index (χ4v) is 0.622. The summed E-state index contributed by atoms with van der Waals surface area (Å²) in [6.07, 6.45) is 10.1. The van der Waals surface area contributed by atoms with Gasteiger partial charge in [-0.1, -0.05) is 57.7 Å². The molecule has 11 heavy (non-hydrogen) atoms. The normalized spacial score (nSPS) is 12.7. The zero-order chi connectivity index (χ0) is 9.11. The van der Waals surface area contributed by atoms with Crippen molar-refractivity contribution in [1.82, 2.24) is 0 Å². The summed E-state index contributed by atoms with van der Waals surface area (Å²) in [5.41, 5.74) is 0. The fourth-order valence-electron chi connectivity index (χ4n) is 0.622. The molecule has 0 aromatic heterocycles. The summed E-state index contributed by atoms with van der Waals surface area (Å²) in [6, 6.07) is 0. The summed E-state index contributed by atoms with van der Waals surface area (Å²) >= 11 is 0. The van der Waals surface area contributed by atoms with Crippen LogP contribution in [0.2, 0.25) is 0 Å². The van der Waals surface area contributed by atoms with Gasteiger partial charge in [-0.15, -0.1) is 0 Å². The fraction of sp³-hybridized carbons (Fsp3) is 0.455. The maximum absolute atomic E-state index is 3.58. The molecule has 1 atom stereocenters. The van der Waals surface area contributed by atoms with E-state index < -0.39 is 0 Å². The third-order valence-electron chi connectivity index (χ3n) is 1.05. The Morgan fingerprint density at radius 3 is 2.09 bits per heavy atom. The summed E-state index contributed by atoms with van der Waals surface area (Å²) in [4.78, 5) is 0. The maximum Gasteiger partial charge on any atom is -0.00789 e. The Kier molecular flexibility index (Phi) is 14.0. The van der Waals surface area contributed by atoms with E-state index in [1.165, 1.54) is 0 Å². The largest absolute Gasteiger partial charge is 0.0991 e. The zero-order valence-electron chi connectivity index (χ0n) is 8.17. The van der Waals surface area contributed by atoms with Gasteiger partial charge in [0.1, 0.15) is 0 Å². The molecule has 0 amide bonds. The van der Waals surface area contributed by atoms with Crippen molar-refractivity contribution in [2.75, 3.05) is 0 Å². The molecule has 0 N–H and O–H groups in total. The molecule has 0 radical (unpaired) electrons. The van der Waals surface area contributed by atoms with E-state index in [-0.39, 0.29) is 0 Å². The molecule has 0 heteroatoms. The van der Waals surface area contributed by atoms with Crippen LogP contribution in [-0.4, -0.2) is 0 Å². The molecule has 0 saturated carbocycles. The molecule has 0 heterocycles. The standard InChI is InChI=1S/C9H14.C2H6/c1-4-6-8-9(3)7-5-2;1-2/h4-9H,1H2,2-3H3;1-2H3/b7-5-,8-6-;. The summed E-state index contributed by atoms with van der Waals surface area (Å²) in [5.74, 6) is 0.535. The van der Waals surface area contributed by atoms with E-state index in [1.54, 1.807) is 6.08 Å². The number of hydrogen-bond acceptors (Lipinski definition) is 0. The van der Waals surface area contributed by atoms with Crippen molar-refractivity contribution >= 4 is 0 Å². The molecule has 0 aliphatic rings. The molecular weight excluding hydrogens is 132 g/mol. The van der Waals surface area contributed by atoms with Crippen LogP contribution < -0.4 is 0 Å². The molecule has 0 saturated heterocycles. The Balaban J connectivity index is 0. The summed E-state index contributed by atoms with van der Waals surface area (Å²) in [7, 11) is 0. The van der Waals surface area contributed by atoms with Gasteiger partial charge in [0, 0.05) is 0 Å². The number of allylic oxidation sites excluding steroid dienone is 5. The van der Waals surface area contributed by atoms with Crippen LogP contribution in [0.1, 0.15) is 27.7 Å².